The number of carboxylic acid groups (broad SMARTS) is 2. The van der Waals surface area contributed by atoms with Gasteiger partial charge in [0.1, 0.15) is 18.0 Å². The first-order valence-corrected chi connectivity index (χ1v) is 15.8. The topological polar surface area (TPSA) is 176 Å². The summed E-state index contributed by atoms with van der Waals surface area (Å²) in [6.45, 7) is 5.19. The van der Waals surface area contributed by atoms with Crippen LogP contribution in [0.1, 0.15) is 66.8 Å². The predicted octanol–water partition coefficient (Wildman–Crippen LogP) is 4.52. The van der Waals surface area contributed by atoms with E-state index in [4.69, 9.17) is 15.6 Å². The van der Waals surface area contributed by atoms with Gasteiger partial charge >= 0.3 is 11.9 Å². The number of nitrogens with one attached hydrogen (secondary N) is 1. The van der Waals surface area contributed by atoms with E-state index < -0.39 is 30.4 Å². The summed E-state index contributed by atoms with van der Waals surface area (Å²) in [5.74, 6) is -1.51. The summed E-state index contributed by atoms with van der Waals surface area (Å²) < 4.78 is 5.94. The highest BCUT2D eigenvalue weighted by Gasteiger charge is 2.25. The molecule has 0 aliphatic carbocycles. The van der Waals surface area contributed by atoms with E-state index in [0.29, 0.717) is 29.9 Å². The molecule has 0 aliphatic rings. The highest BCUT2D eigenvalue weighted by Crippen LogP contribution is 2.39. The Kier molecular flexibility index (Phi) is 14.7. The first-order chi connectivity index (χ1) is 19.9. The maximum Gasteiger partial charge on any atom is 0.322 e. The molecule has 3 atom stereocenters. The average molecular weight is 621 g/mol. The molecule has 0 spiro atoms. The van der Waals surface area contributed by atoms with Crippen LogP contribution in [0.5, 0.6) is 11.5 Å². The Morgan fingerprint density at radius 1 is 1.05 bits per heavy atom. The second-order valence-corrected chi connectivity index (χ2v) is 12.3. The van der Waals surface area contributed by atoms with Crippen LogP contribution >= 0.6 is 23.5 Å². The molecule has 42 heavy (non-hydrogen) atoms. The molecular formula is C30H40N2O8S2. The summed E-state index contributed by atoms with van der Waals surface area (Å²) in [5, 5.41) is 30.6. The van der Waals surface area contributed by atoms with Crippen molar-refractivity contribution >= 4 is 47.2 Å². The SMILES string of the molecule is CCCc1c(OCCCSc2ccc(C(SCC(N)C(=O)NCC(=O)O)C(C)CC(=O)O)cc2)ccc(C(C)=O)c1O. The number of phenolic OH excluding ortho intramolecular Hbond substituents is 1. The molecule has 230 valence electrons. The average Bonchev–Trinajstić information content (AvgIpc) is 2.93. The molecule has 0 saturated carbocycles. The predicted molar refractivity (Wildman–Crippen MR) is 165 cm³/mol. The molecule has 0 aromatic heterocycles. The fourth-order valence-corrected chi connectivity index (χ4v) is 6.43. The molecule has 2 rings (SSSR count). The van der Waals surface area contributed by atoms with Crippen molar-refractivity contribution in [3.63, 3.8) is 0 Å². The van der Waals surface area contributed by atoms with Gasteiger partial charge in [0.15, 0.2) is 5.78 Å². The number of phenols is 1. The van der Waals surface area contributed by atoms with E-state index in [-0.39, 0.29) is 34.9 Å². The van der Waals surface area contributed by atoms with Gasteiger partial charge in [-0.05, 0) is 55.5 Å². The summed E-state index contributed by atoms with van der Waals surface area (Å²) in [6.07, 6.45) is 2.12. The Morgan fingerprint density at radius 2 is 1.74 bits per heavy atom. The molecule has 3 unspecified atom stereocenters. The van der Waals surface area contributed by atoms with Crippen molar-refractivity contribution in [1.29, 1.82) is 0 Å². The summed E-state index contributed by atoms with van der Waals surface area (Å²) >= 11 is 3.03. The number of ketones is 1. The normalized spacial score (nSPS) is 13.1. The van der Waals surface area contributed by atoms with Crippen LogP contribution in [-0.2, 0) is 20.8 Å². The molecule has 12 heteroatoms. The molecule has 0 heterocycles. The maximum atomic E-state index is 12.1. The van der Waals surface area contributed by atoms with E-state index in [2.05, 4.69) is 5.32 Å². The van der Waals surface area contributed by atoms with Gasteiger partial charge in [-0.1, -0.05) is 32.4 Å². The third-order valence-electron chi connectivity index (χ3n) is 6.36. The van der Waals surface area contributed by atoms with Gasteiger partial charge in [-0.25, -0.2) is 0 Å². The van der Waals surface area contributed by atoms with E-state index in [1.54, 1.807) is 23.9 Å². The first-order valence-electron chi connectivity index (χ1n) is 13.7. The van der Waals surface area contributed by atoms with Gasteiger partial charge in [0.2, 0.25) is 5.91 Å². The minimum atomic E-state index is -1.16. The number of carbonyl (C=O) groups is 4. The summed E-state index contributed by atoms with van der Waals surface area (Å²) in [5.41, 5.74) is 7.80. The fourth-order valence-electron chi connectivity index (χ4n) is 4.26. The Bertz CT molecular complexity index is 1220. The van der Waals surface area contributed by atoms with Crippen LogP contribution in [0, 0.1) is 5.92 Å². The largest absolute Gasteiger partial charge is 0.507 e. The zero-order chi connectivity index (χ0) is 31.2. The number of Topliss-reactive ketones (excluding diaryl/α,β-unsaturated/α-hetero) is 1. The van der Waals surface area contributed by atoms with E-state index in [1.165, 1.54) is 18.7 Å². The summed E-state index contributed by atoms with van der Waals surface area (Å²) in [4.78, 5) is 46.9. The van der Waals surface area contributed by atoms with Crippen LogP contribution in [0.15, 0.2) is 41.3 Å². The molecule has 0 fully saturated rings. The number of amides is 1. The monoisotopic (exact) mass is 620 g/mol. The zero-order valence-electron chi connectivity index (χ0n) is 24.1. The molecule has 0 saturated heterocycles. The van der Waals surface area contributed by atoms with E-state index in [0.717, 1.165) is 29.1 Å². The van der Waals surface area contributed by atoms with Crippen molar-refractivity contribution in [3.8, 4) is 11.5 Å². The number of benzene rings is 2. The molecule has 0 aliphatic heterocycles. The van der Waals surface area contributed by atoms with Crippen molar-refractivity contribution in [2.75, 3.05) is 24.7 Å². The van der Waals surface area contributed by atoms with Crippen molar-refractivity contribution in [2.24, 2.45) is 11.7 Å². The molecule has 0 bridgehead atoms. The smallest absolute Gasteiger partial charge is 0.322 e. The molecule has 2 aromatic rings. The van der Waals surface area contributed by atoms with Gasteiger partial charge in [-0.15, -0.1) is 11.8 Å². The molecule has 0 radical (unpaired) electrons. The van der Waals surface area contributed by atoms with Gasteiger partial charge < -0.3 is 31.1 Å². The van der Waals surface area contributed by atoms with Crippen LogP contribution in [0.3, 0.4) is 0 Å². The Morgan fingerprint density at radius 3 is 2.33 bits per heavy atom. The number of thioether (sulfide) groups is 2. The Labute approximate surface area is 254 Å². The van der Waals surface area contributed by atoms with Crippen LogP contribution < -0.4 is 15.8 Å². The van der Waals surface area contributed by atoms with E-state index in [9.17, 15) is 29.4 Å². The first kappa shape index (κ1) is 35.0. The lowest BCUT2D eigenvalue weighted by molar-refractivity contribution is -0.138. The molecule has 1 amide bonds. The second-order valence-electron chi connectivity index (χ2n) is 9.91. The number of carboxylic acids is 2. The summed E-state index contributed by atoms with van der Waals surface area (Å²) in [6, 6.07) is 10.2. The number of aromatic hydroxyl groups is 1. The highest BCUT2D eigenvalue weighted by molar-refractivity contribution is 7.99. The second kappa shape index (κ2) is 17.7. The molecular weight excluding hydrogens is 580 g/mol. The van der Waals surface area contributed by atoms with Gasteiger partial charge in [0.25, 0.3) is 0 Å². The standard InChI is InChI=1S/C30H40N2O8S2/c1-4-6-23-25(12-11-22(19(3)33)28(23)38)40-13-5-14-41-21-9-7-20(8-10-21)29(18(2)15-26(34)35)42-17-24(31)30(39)32-16-27(36)37/h7-12,18,24,29,38H,4-6,13-17,31H2,1-3H3,(H,32,39)(H,34,35)(H,36,37). The molecule has 2 aromatic carbocycles. The van der Waals surface area contributed by atoms with Crippen LogP contribution in [0.2, 0.25) is 0 Å². The highest BCUT2D eigenvalue weighted by atomic mass is 32.2. The van der Waals surface area contributed by atoms with Crippen LogP contribution in [0.25, 0.3) is 0 Å². The number of hydrogen-bond acceptors (Lipinski definition) is 9. The number of rotatable bonds is 19. The lowest BCUT2D eigenvalue weighted by Gasteiger charge is -2.24. The van der Waals surface area contributed by atoms with Gasteiger partial charge in [0, 0.05) is 33.6 Å². The Hall–Kier alpha value is -3.22. The maximum absolute atomic E-state index is 12.1. The zero-order valence-corrected chi connectivity index (χ0v) is 25.8. The quantitative estimate of drug-likeness (QED) is 0.0848. The number of aliphatic carboxylic acids is 2. The minimum absolute atomic E-state index is 0.00566. The lowest BCUT2D eigenvalue weighted by atomic mass is 9.97. The number of carbonyl (C=O) groups excluding carboxylic acids is 2. The van der Waals surface area contributed by atoms with Crippen molar-refractivity contribution in [3.05, 3.63) is 53.1 Å². The van der Waals surface area contributed by atoms with E-state index >= 15 is 0 Å². The summed E-state index contributed by atoms with van der Waals surface area (Å²) in [7, 11) is 0. The van der Waals surface area contributed by atoms with Crippen LogP contribution in [0.4, 0.5) is 0 Å². The van der Waals surface area contributed by atoms with Crippen molar-refractivity contribution in [1.82, 2.24) is 5.32 Å². The van der Waals surface area contributed by atoms with Crippen LogP contribution in [-0.4, -0.2) is 69.6 Å². The van der Waals surface area contributed by atoms with E-state index in [1.807, 2.05) is 38.1 Å². The number of nitrogens with two attached hydrogens (primary N) is 1. The number of hydrogen-bond donors (Lipinski definition) is 5. The van der Waals surface area contributed by atoms with Gasteiger partial charge in [-0.2, -0.15) is 11.8 Å². The Balaban J connectivity index is 1.95. The molecule has 6 N–H and O–H groups in total. The fraction of sp³-hybridized carbons (Fsp3) is 0.467. The van der Waals surface area contributed by atoms with Crippen molar-refractivity contribution < 1.29 is 39.2 Å². The molecule has 10 nitrogen and oxygen atoms in total. The van der Waals surface area contributed by atoms with Gasteiger partial charge in [-0.3, -0.25) is 19.2 Å². The third-order valence-corrected chi connectivity index (χ3v) is 9.11. The third kappa shape index (κ3) is 11.2. The van der Waals surface area contributed by atoms with Crippen molar-refractivity contribution in [2.45, 2.75) is 62.6 Å². The van der Waals surface area contributed by atoms with Gasteiger partial charge in [0.05, 0.1) is 18.2 Å². The number of ether oxygens (including phenoxy) is 1. The minimum Gasteiger partial charge on any atom is -0.507 e. The lowest BCUT2D eigenvalue weighted by Crippen LogP contribution is -2.44.